The number of hydrogen-bond acceptors (Lipinski definition) is 4. The van der Waals surface area contributed by atoms with Crippen LogP contribution in [0.15, 0.2) is 41.1 Å². The third kappa shape index (κ3) is 4.08. The van der Waals surface area contributed by atoms with Crippen molar-refractivity contribution in [3.8, 4) is 5.75 Å². The van der Waals surface area contributed by atoms with E-state index in [4.69, 9.17) is 15.6 Å². The third-order valence-corrected chi connectivity index (χ3v) is 3.41. The summed E-state index contributed by atoms with van der Waals surface area (Å²) in [6.07, 6.45) is 0.320. The molecule has 2 rings (SSSR count). The van der Waals surface area contributed by atoms with Crippen molar-refractivity contribution >= 4 is 17.3 Å². The van der Waals surface area contributed by atoms with Crippen LogP contribution in [0.1, 0.15) is 11.1 Å². The van der Waals surface area contributed by atoms with Gasteiger partial charge in [-0.1, -0.05) is 12.1 Å². The molecule has 0 aliphatic carbocycles. The summed E-state index contributed by atoms with van der Waals surface area (Å²) in [5.74, 6) is -0.225. The second-order valence-corrected chi connectivity index (χ2v) is 4.99. The molecule has 19 heavy (non-hydrogen) atoms. The first-order valence-electron chi connectivity index (χ1n) is 5.86. The largest absolute Gasteiger partial charge is 0.489 e. The van der Waals surface area contributed by atoms with Gasteiger partial charge in [-0.25, -0.2) is 0 Å². The van der Waals surface area contributed by atoms with Crippen molar-refractivity contribution < 1.29 is 14.6 Å². The number of carboxylic acids is 1. The minimum atomic E-state index is -0.988. The molecular weight excluding hydrogens is 262 g/mol. The molecule has 0 radical (unpaired) electrons. The predicted molar refractivity (Wildman–Crippen MR) is 74.4 cm³/mol. The SMILES string of the molecule is N[C@@H](Cc1ccc(OCc2ccsc2)cc1)C(=O)O. The second kappa shape index (κ2) is 6.36. The summed E-state index contributed by atoms with van der Waals surface area (Å²) in [5, 5.41) is 12.8. The van der Waals surface area contributed by atoms with E-state index in [0.29, 0.717) is 13.0 Å². The van der Waals surface area contributed by atoms with Crippen LogP contribution in [-0.4, -0.2) is 17.1 Å². The van der Waals surface area contributed by atoms with Crippen LogP contribution in [-0.2, 0) is 17.8 Å². The topological polar surface area (TPSA) is 72.5 Å². The summed E-state index contributed by atoms with van der Waals surface area (Å²) in [5.41, 5.74) is 7.51. The van der Waals surface area contributed by atoms with Gasteiger partial charge in [0, 0.05) is 0 Å². The molecule has 1 aromatic carbocycles. The molecule has 0 bridgehead atoms. The van der Waals surface area contributed by atoms with E-state index in [1.54, 1.807) is 11.3 Å². The Kier molecular flexibility index (Phi) is 4.54. The van der Waals surface area contributed by atoms with E-state index >= 15 is 0 Å². The van der Waals surface area contributed by atoms with Gasteiger partial charge in [-0.15, -0.1) is 0 Å². The first-order chi connectivity index (χ1) is 9.15. The summed E-state index contributed by atoms with van der Waals surface area (Å²) < 4.78 is 5.62. The van der Waals surface area contributed by atoms with E-state index in [2.05, 4.69) is 0 Å². The van der Waals surface area contributed by atoms with Gasteiger partial charge in [0.25, 0.3) is 0 Å². The van der Waals surface area contributed by atoms with Gasteiger partial charge in [0.15, 0.2) is 0 Å². The summed E-state index contributed by atoms with van der Waals surface area (Å²) in [4.78, 5) is 10.7. The molecule has 1 heterocycles. The van der Waals surface area contributed by atoms with Crippen LogP contribution in [0, 0.1) is 0 Å². The fraction of sp³-hybridized carbons (Fsp3) is 0.214. The Morgan fingerprint density at radius 2 is 2.00 bits per heavy atom. The van der Waals surface area contributed by atoms with Crippen LogP contribution in [0.2, 0.25) is 0 Å². The van der Waals surface area contributed by atoms with E-state index < -0.39 is 12.0 Å². The van der Waals surface area contributed by atoms with Gasteiger partial charge in [-0.3, -0.25) is 4.79 Å². The molecule has 1 atom stereocenters. The average Bonchev–Trinajstić information content (AvgIpc) is 2.91. The lowest BCUT2D eigenvalue weighted by molar-refractivity contribution is -0.138. The lowest BCUT2D eigenvalue weighted by atomic mass is 10.1. The van der Waals surface area contributed by atoms with Crippen molar-refractivity contribution in [3.05, 3.63) is 52.2 Å². The number of hydrogen-bond donors (Lipinski definition) is 2. The number of aliphatic carboxylic acids is 1. The summed E-state index contributed by atoms with van der Waals surface area (Å²) >= 11 is 1.64. The van der Waals surface area contributed by atoms with Gasteiger partial charge in [-0.2, -0.15) is 11.3 Å². The average molecular weight is 277 g/mol. The molecule has 0 aliphatic rings. The van der Waals surface area contributed by atoms with Crippen LogP contribution in [0.25, 0.3) is 0 Å². The highest BCUT2D eigenvalue weighted by molar-refractivity contribution is 7.07. The van der Waals surface area contributed by atoms with E-state index in [1.165, 1.54) is 0 Å². The molecule has 0 unspecified atom stereocenters. The van der Waals surface area contributed by atoms with Gasteiger partial charge in [0.05, 0.1) is 0 Å². The predicted octanol–water partition coefficient (Wildman–Crippen LogP) is 2.28. The molecular formula is C14H15NO3S. The van der Waals surface area contributed by atoms with Crippen molar-refractivity contribution in [2.45, 2.75) is 19.1 Å². The van der Waals surface area contributed by atoms with Crippen molar-refractivity contribution in [3.63, 3.8) is 0 Å². The fourth-order valence-corrected chi connectivity index (χ4v) is 2.26. The van der Waals surface area contributed by atoms with Crippen molar-refractivity contribution in [2.24, 2.45) is 5.73 Å². The Morgan fingerprint density at radius 3 is 2.58 bits per heavy atom. The third-order valence-electron chi connectivity index (χ3n) is 2.68. The Hall–Kier alpha value is -1.85. The number of carboxylic acid groups (broad SMARTS) is 1. The molecule has 0 saturated carbocycles. The Morgan fingerprint density at radius 1 is 1.26 bits per heavy atom. The molecule has 0 amide bonds. The van der Waals surface area contributed by atoms with Gasteiger partial charge in [0.2, 0.25) is 0 Å². The molecule has 4 nitrogen and oxygen atoms in total. The van der Waals surface area contributed by atoms with Crippen molar-refractivity contribution in [2.75, 3.05) is 0 Å². The summed E-state index contributed by atoms with van der Waals surface area (Å²) in [6, 6.07) is 8.49. The van der Waals surface area contributed by atoms with Gasteiger partial charge in [0.1, 0.15) is 18.4 Å². The van der Waals surface area contributed by atoms with Crippen LogP contribution in [0.5, 0.6) is 5.75 Å². The highest BCUT2D eigenvalue weighted by Crippen LogP contribution is 2.16. The van der Waals surface area contributed by atoms with E-state index in [9.17, 15) is 4.79 Å². The number of nitrogens with two attached hydrogens (primary N) is 1. The zero-order valence-corrected chi connectivity index (χ0v) is 11.1. The summed E-state index contributed by atoms with van der Waals surface area (Å²) in [7, 11) is 0. The van der Waals surface area contributed by atoms with Crippen molar-refractivity contribution in [1.29, 1.82) is 0 Å². The van der Waals surface area contributed by atoms with E-state index in [-0.39, 0.29) is 0 Å². The monoisotopic (exact) mass is 277 g/mol. The maximum Gasteiger partial charge on any atom is 0.320 e. The fourth-order valence-electron chi connectivity index (χ4n) is 1.60. The Labute approximate surface area is 115 Å². The Bertz CT molecular complexity index is 522. The minimum absolute atomic E-state index is 0.320. The van der Waals surface area contributed by atoms with Gasteiger partial charge < -0.3 is 15.6 Å². The van der Waals surface area contributed by atoms with Gasteiger partial charge >= 0.3 is 5.97 Å². The van der Waals surface area contributed by atoms with Crippen LogP contribution in [0.4, 0.5) is 0 Å². The maximum absolute atomic E-state index is 10.7. The number of ether oxygens (including phenoxy) is 1. The first-order valence-corrected chi connectivity index (χ1v) is 6.80. The highest BCUT2D eigenvalue weighted by atomic mass is 32.1. The van der Waals surface area contributed by atoms with Crippen LogP contribution < -0.4 is 10.5 Å². The first kappa shape index (κ1) is 13.6. The van der Waals surface area contributed by atoms with Gasteiger partial charge in [-0.05, 0) is 46.5 Å². The molecule has 5 heteroatoms. The zero-order valence-electron chi connectivity index (χ0n) is 10.3. The number of benzene rings is 1. The van der Waals surface area contributed by atoms with E-state index in [0.717, 1.165) is 16.9 Å². The number of rotatable bonds is 6. The second-order valence-electron chi connectivity index (χ2n) is 4.21. The molecule has 100 valence electrons. The molecule has 0 fully saturated rings. The lowest BCUT2D eigenvalue weighted by Gasteiger charge is -2.08. The van der Waals surface area contributed by atoms with Crippen molar-refractivity contribution in [1.82, 2.24) is 0 Å². The smallest absolute Gasteiger partial charge is 0.320 e. The molecule has 0 saturated heterocycles. The van der Waals surface area contributed by atoms with Crippen LogP contribution >= 0.6 is 11.3 Å². The standard InChI is InChI=1S/C14H15NO3S/c15-13(14(16)17)7-10-1-3-12(4-2-10)18-8-11-5-6-19-9-11/h1-6,9,13H,7-8,15H2,(H,16,17)/t13-/m0/s1. The zero-order chi connectivity index (χ0) is 13.7. The molecule has 0 aliphatic heterocycles. The summed E-state index contributed by atoms with van der Waals surface area (Å²) in [6.45, 7) is 0.539. The Balaban J connectivity index is 1.89. The number of carbonyl (C=O) groups is 1. The molecule has 0 spiro atoms. The molecule has 3 N–H and O–H groups in total. The quantitative estimate of drug-likeness (QED) is 0.849. The molecule has 1 aromatic heterocycles. The lowest BCUT2D eigenvalue weighted by Crippen LogP contribution is -2.32. The minimum Gasteiger partial charge on any atom is -0.489 e. The van der Waals surface area contributed by atoms with E-state index in [1.807, 2.05) is 41.1 Å². The van der Waals surface area contributed by atoms with Crippen LogP contribution in [0.3, 0.4) is 0 Å². The molecule has 2 aromatic rings. The maximum atomic E-state index is 10.7. The normalized spacial score (nSPS) is 12.1. The number of thiophene rings is 1. The highest BCUT2D eigenvalue weighted by Gasteiger charge is 2.11.